The molecular weight excluding hydrogens is 370 g/mol. The maximum absolute atomic E-state index is 13.3. The summed E-state index contributed by atoms with van der Waals surface area (Å²) in [5.74, 6) is 0.620. The quantitative estimate of drug-likeness (QED) is 0.735. The molecule has 7 heteroatoms. The summed E-state index contributed by atoms with van der Waals surface area (Å²) in [5.41, 5.74) is 1.71. The normalized spacial score (nSPS) is 21.9. The van der Waals surface area contributed by atoms with E-state index >= 15 is 0 Å². The zero-order valence-electron chi connectivity index (χ0n) is 14.4. The van der Waals surface area contributed by atoms with Crippen molar-refractivity contribution >= 4 is 32.7 Å². The van der Waals surface area contributed by atoms with Gasteiger partial charge in [-0.2, -0.15) is 4.31 Å². The minimum Gasteiger partial charge on any atom is -0.345 e. The maximum Gasteiger partial charge on any atom is 0.245 e. The lowest BCUT2D eigenvalue weighted by atomic mass is 9.83. The van der Waals surface area contributed by atoms with Crippen LogP contribution in [0.1, 0.15) is 24.8 Å². The van der Waals surface area contributed by atoms with Crippen LogP contribution in [-0.4, -0.2) is 35.8 Å². The van der Waals surface area contributed by atoms with E-state index in [0.29, 0.717) is 35.1 Å². The third-order valence-corrected chi connectivity index (χ3v) is 7.34. The smallest absolute Gasteiger partial charge is 0.245 e. The van der Waals surface area contributed by atoms with Crippen molar-refractivity contribution < 1.29 is 8.42 Å². The van der Waals surface area contributed by atoms with Crippen LogP contribution in [0.3, 0.4) is 0 Å². The molecule has 1 aromatic carbocycles. The Hall–Kier alpha value is -1.89. The highest BCUT2D eigenvalue weighted by Gasteiger charge is 2.35. The number of benzene rings is 1. The Balaban J connectivity index is 1.70. The number of hydrogen-bond donors (Lipinski definition) is 1. The van der Waals surface area contributed by atoms with Crippen LogP contribution < -0.4 is 0 Å². The number of rotatable bonds is 3. The van der Waals surface area contributed by atoms with Crippen LogP contribution in [0.25, 0.3) is 11.0 Å². The van der Waals surface area contributed by atoms with Crippen LogP contribution >= 0.6 is 11.6 Å². The van der Waals surface area contributed by atoms with Crippen molar-refractivity contribution in [1.29, 1.82) is 0 Å². The summed E-state index contributed by atoms with van der Waals surface area (Å²) in [6, 6.07) is 11.8. The predicted octanol–water partition coefficient (Wildman–Crippen LogP) is 4.03. The number of piperidine rings is 1. The van der Waals surface area contributed by atoms with Crippen molar-refractivity contribution in [2.45, 2.75) is 24.2 Å². The van der Waals surface area contributed by atoms with E-state index < -0.39 is 10.0 Å². The molecular formula is C19H20ClN3O2S. The lowest BCUT2D eigenvalue weighted by Gasteiger charge is -2.36. The van der Waals surface area contributed by atoms with Gasteiger partial charge in [0.2, 0.25) is 10.0 Å². The van der Waals surface area contributed by atoms with Crippen LogP contribution in [0.2, 0.25) is 5.02 Å². The predicted molar refractivity (Wildman–Crippen MR) is 103 cm³/mol. The SMILES string of the molecule is CC1CCN(S(=O)(=O)c2c[nH]c3ncc(Cl)cc23)CC1c1ccccc1. The van der Waals surface area contributed by atoms with Crippen LogP contribution in [-0.2, 0) is 10.0 Å². The van der Waals surface area contributed by atoms with Gasteiger partial charge in [-0.3, -0.25) is 0 Å². The van der Waals surface area contributed by atoms with Gasteiger partial charge in [-0.05, 0) is 24.0 Å². The van der Waals surface area contributed by atoms with Gasteiger partial charge < -0.3 is 4.98 Å². The van der Waals surface area contributed by atoms with E-state index in [4.69, 9.17) is 11.6 Å². The van der Waals surface area contributed by atoms with Gasteiger partial charge in [0.15, 0.2) is 0 Å². The van der Waals surface area contributed by atoms with Crippen LogP contribution in [0.4, 0.5) is 0 Å². The Bertz CT molecular complexity index is 1030. The molecule has 26 heavy (non-hydrogen) atoms. The van der Waals surface area contributed by atoms with Gasteiger partial charge in [-0.25, -0.2) is 13.4 Å². The van der Waals surface area contributed by atoms with Crippen molar-refractivity contribution in [2.75, 3.05) is 13.1 Å². The van der Waals surface area contributed by atoms with E-state index in [0.717, 1.165) is 6.42 Å². The highest BCUT2D eigenvalue weighted by molar-refractivity contribution is 7.89. The first kappa shape index (κ1) is 17.5. The largest absolute Gasteiger partial charge is 0.345 e. The summed E-state index contributed by atoms with van der Waals surface area (Å²) in [6.07, 6.45) is 3.85. The van der Waals surface area contributed by atoms with E-state index in [1.165, 1.54) is 18.0 Å². The van der Waals surface area contributed by atoms with Gasteiger partial charge in [-0.15, -0.1) is 0 Å². The lowest BCUT2D eigenvalue weighted by Crippen LogP contribution is -2.42. The summed E-state index contributed by atoms with van der Waals surface area (Å²) in [4.78, 5) is 7.34. The van der Waals surface area contributed by atoms with E-state index in [1.54, 1.807) is 10.4 Å². The van der Waals surface area contributed by atoms with Gasteiger partial charge in [0, 0.05) is 36.8 Å². The summed E-state index contributed by atoms with van der Waals surface area (Å²) < 4.78 is 28.2. The number of hydrogen-bond acceptors (Lipinski definition) is 3. The second-order valence-electron chi connectivity index (χ2n) is 6.85. The Morgan fingerprint density at radius 2 is 2.04 bits per heavy atom. The Morgan fingerprint density at radius 3 is 2.81 bits per heavy atom. The molecule has 0 bridgehead atoms. The molecule has 1 aliphatic rings. The van der Waals surface area contributed by atoms with E-state index in [-0.39, 0.29) is 10.8 Å². The zero-order chi connectivity index (χ0) is 18.3. The molecule has 1 fully saturated rings. The number of nitrogens with one attached hydrogen (secondary N) is 1. The fourth-order valence-corrected chi connectivity index (χ4v) is 5.48. The number of halogens is 1. The highest BCUT2D eigenvalue weighted by atomic mass is 35.5. The molecule has 2 aromatic heterocycles. The lowest BCUT2D eigenvalue weighted by molar-refractivity contribution is 0.251. The van der Waals surface area contributed by atoms with Crippen molar-refractivity contribution in [3.63, 3.8) is 0 Å². The Labute approximate surface area is 158 Å². The minimum absolute atomic E-state index is 0.187. The monoisotopic (exact) mass is 389 g/mol. The van der Waals surface area contributed by atoms with Gasteiger partial charge in [0.05, 0.1) is 5.02 Å². The highest BCUT2D eigenvalue weighted by Crippen LogP contribution is 2.35. The van der Waals surface area contributed by atoms with Crippen molar-refractivity contribution in [3.05, 3.63) is 59.4 Å². The van der Waals surface area contributed by atoms with Gasteiger partial charge >= 0.3 is 0 Å². The van der Waals surface area contributed by atoms with Crippen LogP contribution in [0, 0.1) is 5.92 Å². The Kier molecular flexibility index (Phi) is 4.50. The zero-order valence-corrected chi connectivity index (χ0v) is 16.0. The standard InChI is InChI=1S/C19H20ClN3O2S/c1-13-7-8-23(12-17(13)14-5-3-2-4-6-14)26(24,25)18-11-22-19-16(18)9-15(20)10-21-19/h2-6,9-11,13,17H,7-8,12H2,1H3,(H,21,22). The molecule has 1 N–H and O–H groups in total. The second-order valence-corrected chi connectivity index (χ2v) is 9.19. The number of nitrogens with zero attached hydrogens (tertiary/aromatic N) is 2. The van der Waals surface area contributed by atoms with Crippen LogP contribution in [0.15, 0.2) is 53.7 Å². The van der Waals surface area contributed by atoms with E-state index in [1.807, 2.05) is 18.2 Å². The number of H-pyrrole nitrogens is 1. The van der Waals surface area contributed by atoms with Gasteiger partial charge in [0.25, 0.3) is 0 Å². The molecule has 2 unspecified atom stereocenters. The molecule has 1 aliphatic heterocycles. The number of fused-ring (bicyclic) bond motifs is 1. The number of pyridine rings is 1. The minimum atomic E-state index is -3.62. The summed E-state index contributed by atoms with van der Waals surface area (Å²) in [7, 11) is -3.62. The molecule has 0 spiro atoms. The molecule has 3 aromatic rings. The molecule has 2 atom stereocenters. The second kappa shape index (κ2) is 6.68. The molecule has 0 saturated carbocycles. The van der Waals surface area contributed by atoms with Crippen molar-refractivity contribution in [2.24, 2.45) is 5.92 Å². The molecule has 0 radical (unpaired) electrons. The summed E-state index contributed by atoms with van der Waals surface area (Å²) in [5, 5.41) is 0.954. The van der Waals surface area contributed by atoms with E-state index in [9.17, 15) is 8.42 Å². The first-order valence-electron chi connectivity index (χ1n) is 8.64. The first-order valence-corrected chi connectivity index (χ1v) is 10.5. The number of aromatic amines is 1. The van der Waals surface area contributed by atoms with E-state index in [2.05, 4.69) is 29.0 Å². The maximum atomic E-state index is 13.3. The first-order chi connectivity index (χ1) is 12.5. The summed E-state index contributed by atoms with van der Waals surface area (Å²) >= 11 is 6.02. The van der Waals surface area contributed by atoms with Crippen LogP contribution in [0.5, 0.6) is 0 Å². The average molecular weight is 390 g/mol. The number of aromatic nitrogens is 2. The number of sulfonamides is 1. The van der Waals surface area contributed by atoms with Gasteiger partial charge in [0.1, 0.15) is 10.5 Å². The van der Waals surface area contributed by atoms with Crippen molar-refractivity contribution in [3.8, 4) is 0 Å². The third kappa shape index (κ3) is 3.02. The molecule has 1 saturated heterocycles. The molecule has 136 valence electrons. The van der Waals surface area contributed by atoms with Gasteiger partial charge in [-0.1, -0.05) is 48.9 Å². The molecule has 5 nitrogen and oxygen atoms in total. The van der Waals surface area contributed by atoms with Crippen molar-refractivity contribution in [1.82, 2.24) is 14.3 Å². The Morgan fingerprint density at radius 1 is 1.27 bits per heavy atom. The molecule has 4 rings (SSSR count). The summed E-state index contributed by atoms with van der Waals surface area (Å²) in [6.45, 7) is 3.19. The topological polar surface area (TPSA) is 66.1 Å². The molecule has 3 heterocycles. The fraction of sp³-hybridized carbons (Fsp3) is 0.316. The molecule has 0 amide bonds. The third-order valence-electron chi connectivity index (χ3n) is 5.23. The fourth-order valence-electron chi connectivity index (χ4n) is 3.70. The molecule has 0 aliphatic carbocycles. The average Bonchev–Trinajstić information content (AvgIpc) is 3.06.